The second kappa shape index (κ2) is 6.73. The van der Waals surface area contributed by atoms with Gasteiger partial charge in [-0.3, -0.25) is 9.78 Å². The number of piperidine rings is 1. The Hall–Kier alpha value is -2.17. The van der Waals surface area contributed by atoms with E-state index in [2.05, 4.69) is 22.1 Å². The molecule has 3 heterocycles. The van der Waals surface area contributed by atoms with E-state index >= 15 is 0 Å². The van der Waals surface area contributed by atoms with Crippen molar-refractivity contribution in [2.75, 3.05) is 13.1 Å². The molecule has 0 bridgehead atoms. The van der Waals surface area contributed by atoms with Crippen LogP contribution >= 0.6 is 0 Å². The van der Waals surface area contributed by atoms with Crippen molar-refractivity contribution in [3.8, 4) is 0 Å². The lowest BCUT2D eigenvalue weighted by Crippen LogP contribution is -2.40. The van der Waals surface area contributed by atoms with Gasteiger partial charge in [-0.15, -0.1) is 0 Å². The molecule has 0 N–H and O–H groups in total. The highest BCUT2D eigenvalue weighted by Crippen LogP contribution is 2.22. The Morgan fingerprint density at radius 3 is 2.82 bits per heavy atom. The normalized spacial score (nSPS) is 16.0. The summed E-state index contributed by atoms with van der Waals surface area (Å²) in [6, 6.07) is 4.26. The minimum absolute atomic E-state index is 0.191. The molecule has 22 heavy (non-hydrogen) atoms. The molecular weight excluding hydrogens is 276 g/mol. The zero-order chi connectivity index (χ0) is 15.4. The van der Waals surface area contributed by atoms with Crippen LogP contribution in [0.1, 0.15) is 24.1 Å². The number of amides is 1. The number of likely N-dealkylation sites (tertiary alicyclic amines) is 1. The average molecular weight is 298 g/mol. The average Bonchev–Trinajstić information content (AvgIpc) is 3.01. The van der Waals surface area contributed by atoms with Gasteiger partial charge in [0.05, 0.1) is 6.33 Å². The highest BCUT2D eigenvalue weighted by atomic mass is 16.2. The molecule has 0 radical (unpaired) electrons. The molecule has 1 amide bonds. The Morgan fingerprint density at radius 2 is 2.14 bits per heavy atom. The van der Waals surface area contributed by atoms with Crippen molar-refractivity contribution in [2.45, 2.75) is 32.7 Å². The summed E-state index contributed by atoms with van der Waals surface area (Å²) in [5.41, 5.74) is 2.43. The molecule has 0 aliphatic carbocycles. The van der Waals surface area contributed by atoms with Crippen LogP contribution in [0.3, 0.4) is 0 Å². The van der Waals surface area contributed by atoms with E-state index in [0.29, 0.717) is 12.5 Å². The van der Waals surface area contributed by atoms with Crippen LogP contribution in [0.25, 0.3) is 0 Å². The third-order valence-electron chi connectivity index (χ3n) is 4.33. The number of pyridine rings is 1. The summed E-state index contributed by atoms with van der Waals surface area (Å²) in [4.78, 5) is 22.4. The summed E-state index contributed by atoms with van der Waals surface area (Å²) in [7, 11) is 0. The predicted molar refractivity (Wildman–Crippen MR) is 84.2 cm³/mol. The van der Waals surface area contributed by atoms with Gasteiger partial charge in [0.1, 0.15) is 6.54 Å². The molecule has 1 aliphatic rings. The molecule has 1 saturated heterocycles. The Labute approximate surface area is 131 Å². The van der Waals surface area contributed by atoms with E-state index in [4.69, 9.17) is 0 Å². The number of carbonyl (C=O) groups excluding carboxylic acids is 1. The van der Waals surface area contributed by atoms with Gasteiger partial charge in [-0.1, -0.05) is 0 Å². The van der Waals surface area contributed by atoms with Crippen LogP contribution in [0.15, 0.2) is 37.1 Å². The monoisotopic (exact) mass is 298 g/mol. The van der Waals surface area contributed by atoms with Gasteiger partial charge < -0.3 is 9.47 Å². The molecule has 5 heteroatoms. The van der Waals surface area contributed by atoms with Crippen LogP contribution in [-0.2, 0) is 17.8 Å². The summed E-state index contributed by atoms with van der Waals surface area (Å²) in [6.45, 7) is 4.15. The van der Waals surface area contributed by atoms with Crippen molar-refractivity contribution in [2.24, 2.45) is 5.92 Å². The third-order valence-corrected chi connectivity index (χ3v) is 4.33. The highest BCUT2D eigenvalue weighted by molar-refractivity contribution is 5.76. The molecule has 0 unspecified atom stereocenters. The quantitative estimate of drug-likeness (QED) is 0.868. The van der Waals surface area contributed by atoms with Crippen molar-refractivity contribution in [3.05, 3.63) is 48.3 Å². The molecule has 1 aliphatic heterocycles. The minimum atomic E-state index is 0.191. The molecule has 1 fully saturated rings. The lowest BCUT2D eigenvalue weighted by molar-refractivity contribution is -0.133. The van der Waals surface area contributed by atoms with E-state index in [-0.39, 0.29) is 5.91 Å². The maximum absolute atomic E-state index is 12.2. The van der Waals surface area contributed by atoms with Gasteiger partial charge in [-0.2, -0.15) is 0 Å². The Kier molecular flexibility index (Phi) is 4.51. The standard InChI is InChI=1S/C17H22N4O/c1-14-10-16(2-5-19-14)11-15-3-7-21(8-4-15)17(22)12-20-9-6-18-13-20/h2,5-6,9-10,13,15H,3-4,7-8,11-12H2,1H3. The number of rotatable bonds is 4. The first kappa shape index (κ1) is 14.8. The summed E-state index contributed by atoms with van der Waals surface area (Å²) in [5.74, 6) is 0.857. The molecule has 116 valence electrons. The molecule has 0 saturated carbocycles. The van der Waals surface area contributed by atoms with Crippen molar-refractivity contribution >= 4 is 5.91 Å². The number of aryl methyl sites for hydroxylation is 1. The lowest BCUT2D eigenvalue weighted by atomic mass is 9.90. The minimum Gasteiger partial charge on any atom is -0.341 e. The number of hydrogen-bond donors (Lipinski definition) is 0. The third kappa shape index (κ3) is 3.72. The molecule has 0 aromatic carbocycles. The van der Waals surface area contributed by atoms with Crippen molar-refractivity contribution in [1.82, 2.24) is 19.4 Å². The first-order valence-corrected chi connectivity index (χ1v) is 7.86. The van der Waals surface area contributed by atoms with Crippen LogP contribution < -0.4 is 0 Å². The fraction of sp³-hybridized carbons (Fsp3) is 0.471. The van der Waals surface area contributed by atoms with Crippen LogP contribution in [0.5, 0.6) is 0 Å². The van der Waals surface area contributed by atoms with E-state index in [1.165, 1.54) is 5.56 Å². The van der Waals surface area contributed by atoms with Gasteiger partial charge in [0.2, 0.25) is 5.91 Å². The molecular formula is C17H22N4O. The van der Waals surface area contributed by atoms with E-state index in [1.807, 2.05) is 28.8 Å². The second-order valence-electron chi connectivity index (χ2n) is 6.07. The van der Waals surface area contributed by atoms with Crippen LogP contribution in [0, 0.1) is 12.8 Å². The van der Waals surface area contributed by atoms with E-state index < -0.39 is 0 Å². The summed E-state index contributed by atoms with van der Waals surface area (Å²) in [6.07, 6.45) is 10.4. The fourth-order valence-corrected chi connectivity index (χ4v) is 3.09. The maximum Gasteiger partial charge on any atom is 0.242 e. The largest absolute Gasteiger partial charge is 0.341 e. The first-order valence-electron chi connectivity index (χ1n) is 7.86. The van der Waals surface area contributed by atoms with Gasteiger partial charge in [0.25, 0.3) is 0 Å². The molecule has 2 aromatic rings. The number of carbonyl (C=O) groups is 1. The highest BCUT2D eigenvalue weighted by Gasteiger charge is 2.23. The van der Waals surface area contributed by atoms with Gasteiger partial charge in [0.15, 0.2) is 0 Å². The molecule has 3 rings (SSSR count). The summed E-state index contributed by atoms with van der Waals surface area (Å²) in [5, 5.41) is 0. The second-order valence-corrected chi connectivity index (χ2v) is 6.07. The van der Waals surface area contributed by atoms with Crippen molar-refractivity contribution in [1.29, 1.82) is 0 Å². The Bertz CT molecular complexity index is 615. The summed E-state index contributed by atoms with van der Waals surface area (Å²) >= 11 is 0. The van der Waals surface area contributed by atoms with Crippen molar-refractivity contribution in [3.63, 3.8) is 0 Å². The van der Waals surface area contributed by atoms with Gasteiger partial charge >= 0.3 is 0 Å². The van der Waals surface area contributed by atoms with Gasteiger partial charge in [0, 0.05) is 37.4 Å². The zero-order valence-corrected chi connectivity index (χ0v) is 13.0. The van der Waals surface area contributed by atoms with Crippen LogP contribution in [0.4, 0.5) is 0 Å². The SMILES string of the molecule is Cc1cc(CC2CCN(C(=O)Cn3ccnc3)CC2)ccn1. The number of aromatic nitrogens is 3. The van der Waals surface area contributed by atoms with Crippen LogP contribution in [-0.4, -0.2) is 38.4 Å². The smallest absolute Gasteiger partial charge is 0.242 e. The van der Waals surface area contributed by atoms with E-state index in [9.17, 15) is 4.79 Å². The Balaban J connectivity index is 1.49. The van der Waals surface area contributed by atoms with Gasteiger partial charge in [-0.05, 0) is 49.8 Å². The van der Waals surface area contributed by atoms with E-state index in [1.54, 1.807) is 12.5 Å². The Morgan fingerprint density at radius 1 is 1.32 bits per heavy atom. The maximum atomic E-state index is 12.2. The molecule has 5 nitrogen and oxygen atoms in total. The lowest BCUT2D eigenvalue weighted by Gasteiger charge is -2.32. The molecule has 0 spiro atoms. The van der Waals surface area contributed by atoms with E-state index in [0.717, 1.165) is 38.0 Å². The fourth-order valence-electron chi connectivity index (χ4n) is 3.09. The molecule has 0 atom stereocenters. The number of nitrogens with zero attached hydrogens (tertiary/aromatic N) is 4. The molecule has 2 aromatic heterocycles. The topological polar surface area (TPSA) is 51.0 Å². The summed E-state index contributed by atoms with van der Waals surface area (Å²) < 4.78 is 1.83. The van der Waals surface area contributed by atoms with Gasteiger partial charge in [-0.25, -0.2) is 4.98 Å². The number of imidazole rings is 1. The number of hydrogen-bond acceptors (Lipinski definition) is 3. The predicted octanol–water partition coefficient (Wildman–Crippen LogP) is 2.07. The van der Waals surface area contributed by atoms with Crippen molar-refractivity contribution < 1.29 is 4.79 Å². The van der Waals surface area contributed by atoms with Crippen LogP contribution in [0.2, 0.25) is 0 Å². The zero-order valence-electron chi connectivity index (χ0n) is 13.0. The first-order chi connectivity index (χ1) is 10.7.